The van der Waals surface area contributed by atoms with Crippen LogP contribution in [0, 0.1) is 5.92 Å². The van der Waals surface area contributed by atoms with Crippen LogP contribution in [0.4, 0.5) is 13.2 Å². The van der Waals surface area contributed by atoms with Crippen molar-refractivity contribution in [2.75, 3.05) is 13.2 Å². The van der Waals surface area contributed by atoms with Crippen LogP contribution in [0.25, 0.3) is 0 Å². The van der Waals surface area contributed by atoms with Gasteiger partial charge in [-0.3, -0.25) is 0 Å². The van der Waals surface area contributed by atoms with Crippen molar-refractivity contribution in [3.63, 3.8) is 0 Å². The average Bonchev–Trinajstić information content (AvgIpc) is 2.14. The van der Waals surface area contributed by atoms with Crippen molar-refractivity contribution in [2.45, 2.75) is 38.0 Å². The topological polar surface area (TPSA) is 35.2 Å². The van der Waals surface area contributed by atoms with Crippen LogP contribution in [-0.2, 0) is 4.74 Å². The van der Waals surface area contributed by atoms with Gasteiger partial charge in [-0.1, -0.05) is 12.8 Å². The molecular weight excluding hydrogens is 195 g/mol. The highest BCUT2D eigenvalue weighted by atomic mass is 19.4. The highest BCUT2D eigenvalue weighted by molar-refractivity contribution is 4.76. The van der Waals surface area contributed by atoms with Gasteiger partial charge in [0.25, 0.3) is 0 Å². The molecule has 0 aromatic carbocycles. The number of ether oxygens (including phenoxy) is 1. The molecule has 1 aliphatic carbocycles. The Kier molecular flexibility index (Phi) is 4.19. The summed E-state index contributed by atoms with van der Waals surface area (Å²) in [5.74, 6) is 0.103. The Morgan fingerprint density at radius 2 is 1.86 bits per heavy atom. The Morgan fingerprint density at radius 1 is 1.21 bits per heavy atom. The third-order valence-electron chi connectivity index (χ3n) is 2.60. The van der Waals surface area contributed by atoms with E-state index in [1.54, 1.807) is 0 Å². The van der Waals surface area contributed by atoms with Gasteiger partial charge in [-0.15, -0.1) is 0 Å². The van der Waals surface area contributed by atoms with E-state index < -0.39 is 12.8 Å². The van der Waals surface area contributed by atoms with Gasteiger partial charge in [0, 0.05) is 0 Å². The zero-order valence-electron chi connectivity index (χ0n) is 8.02. The molecule has 1 aliphatic rings. The van der Waals surface area contributed by atoms with Crippen molar-refractivity contribution < 1.29 is 17.9 Å². The Labute approximate surface area is 81.6 Å². The highest BCUT2D eigenvalue weighted by Crippen LogP contribution is 2.27. The molecule has 2 atom stereocenters. The van der Waals surface area contributed by atoms with Crippen LogP contribution in [0.15, 0.2) is 0 Å². The predicted octanol–water partition coefficient (Wildman–Crippen LogP) is 2.08. The standard InChI is InChI=1S/C9H16F3NO/c10-9(11,12)6-14-8-4-2-1-3-7(8)5-13/h7-8H,1-6,13H2. The van der Waals surface area contributed by atoms with Gasteiger partial charge in [0.15, 0.2) is 0 Å². The van der Waals surface area contributed by atoms with Gasteiger partial charge in [0.2, 0.25) is 0 Å². The summed E-state index contributed by atoms with van der Waals surface area (Å²) in [4.78, 5) is 0. The van der Waals surface area contributed by atoms with Crippen LogP contribution < -0.4 is 5.73 Å². The van der Waals surface area contributed by atoms with E-state index in [1.165, 1.54) is 0 Å². The number of halogens is 3. The lowest BCUT2D eigenvalue weighted by Gasteiger charge is -2.30. The summed E-state index contributed by atoms with van der Waals surface area (Å²) in [6, 6.07) is 0. The van der Waals surface area contributed by atoms with Crippen molar-refractivity contribution in [1.29, 1.82) is 0 Å². The number of rotatable bonds is 3. The van der Waals surface area contributed by atoms with Gasteiger partial charge < -0.3 is 10.5 Å². The first kappa shape index (κ1) is 11.8. The first-order valence-corrected chi connectivity index (χ1v) is 4.91. The van der Waals surface area contributed by atoms with E-state index >= 15 is 0 Å². The van der Waals surface area contributed by atoms with Crippen LogP contribution >= 0.6 is 0 Å². The number of alkyl halides is 3. The maximum atomic E-state index is 11.9. The molecule has 0 aromatic rings. The Bertz CT molecular complexity index is 172. The zero-order chi connectivity index (χ0) is 10.6. The average molecular weight is 211 g/mol. The molecule has 0 amide bonds. The molecule has 2 N–H and O–H groups in total. The largest absolute Gasteiger partial charge is 0.411 e. The van der Waals surface area contributed by atoms with Crippen LogP contribution in [0.1, 0.15) is 25.7 Å². The molecule has 0 saturated heterocycles. The van der Waals surface area contributed by atoms with E-state index in [0.717, 1.165) is 19.3 Å². The van der Waals surface area contributed by atoms with Crippen LogP contribution in [0.5, 0.6) is 0 Å². The summed E-state index contributed by atoms with van der Waals surface area (Å²) >= 11 is 0. The Hall–Kier alpha value is -0.290. The second-order valence-corrected chi connectivity index (χ2v) is 3.74. The second-order valence-electron chi connectivity index (χ2n) is 3.74. The molecule has 1 saturated carbocycles. The molecule has 0 bridgehead atoms. The Morgan fingerprint density at radius 3 is 2.43 bits per heavy atom. The van der Waals surface area contributed by atoms with Gasteiger partial charge in [-0.05, 0) is 25.3 Å². The molecule has 14 heavy (non-hydrogen) atoms. The van der Waals surface area contributed by atoms with Crippen molar-refractivity contribution in [2.24, 2.45) is 11.7 Å². The van der Waals surface area contributed by atoms with E-state index in [2.05, 4.69) is 0 Å². The quantitative estimate of drug-likeness (QED) is 0.775. The lowest BCUT2D eigenvalue weighted by Crippen LogP contribution is -2.35. The summed E-state index contributed by atoms with van der Waals surface area (Å²) in [5.41, 5.74) is 5.47. The minimum atomic E-state index is -4.23. The third kappa shape index (κ3) is 3.84. The zero-order valence-corrected chi connectivity index (χ0v) is 8.02. The first-order chi connectivity index (χ1) is 6.53. The van der Waals surface area contributed by atoms with Crippen molar-refractivity contribution in [3.05, 3.63) is 0 Å². The highest BCUT2D eigenvalue weighted by Gasteiger charge is 2.32. The van der Waals surface area contributed by atoms with Gasteiger partial charge >= 0.3 is 6.18 Å². The molecule has 0 radical (unpaired) electrons. The molecule has 2 nitrogen and oxygen atoms in total. The first-order valence-electron chi connectivity index (χ1n) is 4.91. The molecule has 84 valence electrons. The second kappa shape index (κ2) is 4.98. The minimum Gasteiger partial charge on any atom is -0.368 e. The minimum absolute atomic E-state index is 0.103. The lowest BCUT2D eigenvalue weighted by atomic mass is 9.86. The van der Waals surface area contributed by atoms with Crippen molar-refractivity contribution in [1.82, 2.24) is 0 Å². The van der Waals surface area contributed by atoms with E-state index in [-0.39, 0.29) is 12.0 Å². The van der Waals surface area contributed by atoms with Gasteiger partial charge in [-0.25, -0.2) is 0 Å². The van der Waals surface area contributed by atoms with Gasteiger partial charge in [0.1, 0.15) is 6.61 Å². The van der Waals surface area contributed by atoms with E-state index in [4.69, 9.17) is 10.5 Å². The van der Waals surface area contributed by atoms with E-state index in [0.29, 0.717) is 13.0 Å². The van der Waals surface area contributed by atoms with Crippen molar-refractivity contribution >= 4 is 0 Å². The molecule has 1 fully saturated rings. The number of hydrogen-bond acceptors (Lipinski definition) is 2. The molecule has 5 heteroatoms. The van der Waals surface area contributed by atoms with Gasteiger partial charge in [-0.2, -0.15) is 13.2 Å². The van der Waals surface area contributed by atoms with Crippen LogP contribution in [0.2, 0.25) is 0 Å². The molecule has 1 rings (SSSR count). The monoisotopic (exact) mass is 211 g/mol. The molecule has 0 heterocycles. The Balaban J connectivity index is 2.33. The van der Waals surface area contributed by atoms with E-state index in [1.807, 2.05) is 0 Å². The van der Waals surface area contributed by atoms with Crippen LogP contribution in [-0.4, -0.2) is 25.4 Å². The number of hydrogen-bond donors (Lipinski definition) is 1. The summed E-state index contributed by atoms with van der Waals surface area (Å²) in [6.07, 6.45) is -0.935. The van der Waals surface area contributed by atoms with Crippen LogP contribution in [0.3, 0.4) is 0 Å². The number of nitrogens with two attached hydrogens (primary N) is 1. The molecular formula is C9H16F3NO. The van der Waals surface area contributed by atoms with Crippen molar-refractivity contribution in [3.8, 4) is 0 Å². The fourth-order valence-corrected chi connectivity index (χ4v) is 1.86. The molecule has 0 aromatic heterocycles. The van der Waals surface area contributed by atoms with Gasteiger partial charge in [0.05, 0.1) is 6.10 Å². The molecule has 0 spiro atoms. The van der Waals surface area contributed by atoms with E-state index in [9.17, 15) is 13.2 Å². The maximum absolute atomic E-state index is 11.9. The molecule has 2 unspecified atom stereocenters. The summed E-state index contributed by atoms with van der Waals surface area (Å²) in [6.45, 7) is -0.726. The summed E-state index contributed by atoms with van der Waals surface area (Å²) in [5, 5.41) is 0. The fourth-order valence-electron chi connectivity index (χ4n) is 1.86. The molecule has 0 aliphatic heterocycles. The normalized spacial score (nSPS) is 29.1. The summed E-state index contributed by atoms with van der Waals surface area (Å²) < 4.78 is 40.5. The predicted molar refractivity (Wildman–Crippen MR) is 46.8 cm³/mol. The summed E-state index contributed by atoms with van der Waals surface area (Å²) in [7, 11) is 0. The smallest absolute Gasteiger partial charge is 0.368 e. The SMILES string of the molecule is NCC1CCCCC1OCC(F)(F)F. The lowest BCUT2D eigenvalue weighted by molar-refractivity contribution is -0.192. The third-order valence-corrected chi connectivity index (χ3v) is 2.60. The maximum Gasteiger partial charge on any atom is 0.411 e. The fraction of sp³-hybridized carbons (Fsp3) is 1.00.